The lowest BCUT2D eigenvalue weighted by Crippen LogP contribution is -2.20. The SMILES string of the molecule is CCOc1cc(CNNc2ccccc2)ccc1OC(F)F. The van der Waals surface area contributed by atoms with E-state index in [2.05, 4.69) is 15.6 Å². The molecular weight excluding hydrogens is 290 g/mol. The van der Waals surface area contributed by atoms with Crippen LogP contribution in [0.1, 0.15) is 12.5 Å². The highest BCUT2D eigenvalue weighted by atomic mass is 19.3. The zero-order valence-corrected chi connectivity index (χ0v) is 12.2. The Bertz CT molecular complexity index is 580. The van der Waals surface area contributed by atoms with E-state index in [4.69, 9.17) is 4.74 Å². The number of halogens is 2. The fraction of sp³-hybridized carbons (Fsp3) is 0.250. The Labute approximate surface area is 128 Å². The number of ether oxygens (including phenoxy) is 2. The molecule has 0 aliphatic carbocycles. The third-order valence-electron chi connectivity index (χ3n) is 2.82. The normalized spacial score (nSPS) is 10.5. The molecule has 0 atom stereocenters. The van der Waals surface area contributed by atoms with Crippen LogP contribution in [0.4, 0.5) is 14.5 Å². The average Bonchev–Trinajstić information content (AvgIpc) is 2.51. The first kappa shape index (κ1) is 16.0. The molecule has 22 heavy (non-hydrogen) atoms. The van der Waals surface area contributed by atoms with Crippen molar-refractivity contribution < 1.29 is 18.3 Å². The number of para-hydroxylation sites is 1. The Kier molecular flexibility index (Phi) is 5.97. The van der Waals surface area contributed by atoms with Gasteiger partial charge < -0.3 is 14.9 Å². The predicted molar refractivity (Wildman–Crippen MR) is 81.1 cm³/mol. The van der Waals surface area contributed by atoms with E-state index in [0.717, 1.165) is 11.3 Å². The number of hydrogen-bond acceptors (Lipinski definition) is 4. The van der Waals surface area contributed by atoms with Gasteiger partial charge in [0.15, 0.2) is 11.5 Å². The summed E-state index contributed by atoms with van der Waals surface area (Å²) in [5.74, 6) is 0.346. The molecule has 118 valence electrons. The van der Waals surface area contributed by atoms with E-state index < -0.39 is 6.61 Å². The van der Waals surface area contributed by atoms with E-state index in [1.54, 1.807) is 19.1 Å². The Hall–Kier alpha value is -2.34. The van der Waals surface area contributed by atoms with Crippen molar-refractivity contribution in [2.24, 2.45) is 0 Å². The zero-order valence-electron chi connectivity index (χ0n) is 12.2. The molecule has 0 heterocycles. The number of anilines is 1. The van der Waals surface area contributed by atoms with Gasteiger partial charge in [-0.3, -0.25) is 0 Å². The summed E-state index contributed by atoms with van der Waals surface area (Å²) < 4.78 is 34.4. The maximum atomic E-state index is 12.3. The standard InChI is InChI=1S/C16H18F2N2O2/c1-2-21-15-10-12(8-9-14(15)22-16(17)18)11-19-20-13-6-4-3-5-7-13/h3-10,16,19-20H,2,11H2,1H3. The second-order valence-electron chi connectivity index (χ2n) is 4.44. The van der Waals surface area contributed by atoms with Crippen molar-refractivity contribution in [2.75, 3.05) is 12.0 Å². The van der Waals surface area contributed by atoms with Crippen molar-refractivity contribution in [2.45, 2.75) is 20.1 Å². The summed E-state index contributed by atoms with van der Waals surface area (Å²) in [6.45, 7) is -0.209. The molecule has 0 aliphatic heterocycles. The molecular formula is C16H18F2N2O2. The van der Waals surface area contributed by atoms with Crippen LogP contribution in [0.15, 0.2) is 48.5 Å². The van der Waals surface area contributed by atoms with Crippen molar-refractivity contribution in [1.29, 1.82) is 0 Å². The molecule has 0 bridgehead atoms. The molecule has 0 saturated heterocycles. The maximum Gasteiger partial charge on any atom is 0.387 e. The van der Waals surface area contributed by atoms with Crippen LogP contribution >= 0.6 is 0 Å². The van der Waals surface area contributed by atoms with Crippen molar-refractivity contribution in [3.05, 3.63) is 54.1 Å². The van der Waals surface area contributed by atoms with Crippen molar-refractivity contribution in [3.8, 4) is 11.5 Å². The quantitative estimate of drug-likeness (QED) is 0.728. The number of hydrogen-bond donors (Lipinski definition) is 2. The largest absolute Gasteiger partial charge is 0.490 e. The number of nitrogens with one attached hydrogen (secondary N) is 2. The molecule has 0 saturated carbocycles. The summed E-state index contributed by atoms with van der Waals surface area (Å²) in [6, 6.07) is 14.5. The number of hydrazine groups is 1. The molecule has 0 aromatic heterocycles. The first-order chi connectivity index (χ1) is 10.7. The number of rotatable bonds is 8. The molecule has 4 nitrogen and oxygen atoms in total. The first-order valence-corrected chi connectivity index (χ1v) is 6.93. The van der Waals surface area contributed by atoms with Crippen LogP contribution in [0.3, 0.4) is 0 Å². The maximum absolute atomic E-state index is 12.3. The van der Waals surface area contributed by atoms with Gasteiger partial charge in [-0.05, 0) is 36.8 Å². The summed E-state index contributed by atoms with van der Waals surface area (Å²) >= 11 is 0. The second-order valence-corrected chi connectivity index (χ2v) is 4.44. The summed E-state index contributed by atoms with van der Waals surface area (Å²) in [4.78, 5) is 0. The number of alkyl halides is 2. The molecule has 0 radical (unpaired) electrons. The minimum Gasteiger partial charge on any atom is -0.490 e. The lowest BCUT2D eigenvalue weighted by molar-refractivity contribution is -0.0514. The topological polar surface area (TPSA) is 42.5 Å². The van der Waals surface area contributed by atoms with Gasteiger partial charge in [0.2, 0.25) is 0 Å². The summed E-state index contributed by atoms with van der Waals surface area (Å²) in [5.41, 5.74) is 7.92. The van der Waals surface area contributed by atoms with E-state index >= 15 is 0 Å². The molecule has 2 aromatic carbocycles. The molecule has 0 unspecified atom stereocenters. The summed E-state index contributed by atoms with van der Waals surface area (Å²) in [5, 5.41) is 0. The molecule has 2 aromatic rings. The average molecular weight is 308 g/mol. The van der Waals surface area contributed by atoms with Gasteiger partial charge >= 0.3 is 6.61 Å². The van der Waals surface area contributed by atoms with Crippen molar-refractivity contribution in [3.63, 3.8) is 0 Å². The molecule has 0 spiro atoms. The van der Waals surface area contributed by atoms with E-state index in [1.165, 1.54) is 6.07 Å². The highest BCUT2D eigenvalue weighted by Crippen LogP contribution is 2.29. The van der Waals surface area contributed by atoms with Crippen LogP contribution in [-0.2, 0) is 6.54 Å². The van der Waals surface area contributed by atoms with Gasteiger partial charge in [0.25, 0.3) is 0 Å². The van der Waals surface area contributed by atoms with Gasteiger partial charge in [-0.25, -0.2) is 5.43 Å². The third-order valence-corrected chi connectivity index (χ3v) is 2.82. The first-order valence-electron chi connectivity index (χ1n) is 6.93. The van der Waals surface area contributed by atoms with Crippen LogP contribution in [0.25, 0.3) is 0 Å². The lowest BCUT2D eigenvalue weighted by Gasteiger charge is -2.13. The Morgan fingerprint density at radius 2 is 1.82 bits per heavy atom. The highest BCUT2D eigenvalue weighted by Gasteiger charge is 2.11. The molecule has 2 rings (SSSR count). The fourth-order valence-corrected chi connectivity index (χ4v) is 1.89. The van der Waals surface area contributed by atoms with Crippen molar-refractivity contribution in [1.82, 2.24) is 5.43 Å². The zero-order chi connectivity index (χ0) is 15.8. The number of benzene rings is 2. The third kappa shape index (κ3) is 4.89. The van der Waals surface area contributed by atoms with E-state index in [0.29, 0.717) is 18.9 Å². The Morgan fingerprint density at radius 3 is 2.50 bits per heavy atom. The predicted octanol–water partition coefficient (Wildman–Crippen LogP) is 3.80. The van der Waals surface area contributed by atoms with Gasteiger partial charge in [-0.15, -0.1) is 0 Å². The lowest BCUT2D eigenvalue weighted by atomic mass is 10.2. The smallest absolute Gasteiger partial charge is 0.387 e. The van der Waals surface area contributed by atoms with Crippen LogP contribution in [0.2, 0.25) is 0 Å². The van der Waals surface area contributed by atoms with Gasteiger partial charge in [-0.2, -0.15) is 8.78 Å². The van der Waals surface area contributed by atoms with E-state index in [9.17, 15) is 8.78 Å². The Balaban J connectivity index is 1.97. The molecule has 2 N–H and O–H groups in total. The minimum atomic E-state index is -2.87. The van der Waals surface area contributed by atoms with Gasteiger partial charge in [0, 0.05) is 12.2 Å². The second kappa shape index (κ2) is 8.19. The van der Waals surface area contributed by atoms with Gasteiger partial charge in [0.05, 0.1) is 6.61 Å². The Morgan fingerprint density at radius 1 is 1.05 bits per heavy atom. The molecule has 0 fully saturated rings. The summed E-state index contributed by atoms with van der Waals surface area (Å²) in [7, 11) is 0. The highest BCUT2D eigenvalue weighted by molar-refractivity contribution is 5.44. The van der Waals surface area contributed by atoms with Crippen LogP contribution < -0.4 is 20.3 Å². The fourth-order valence-electron chi connectivity index (χ4n) is 1.89. The molecule has 6 heteroatoms. The van der Waals surface area contributed by atoms with Crippen molar-refractivity contribution >= 4 is 5.69 Å². The van der Waals surface area contributed by atoms with E-state index in [1.807, 2.05) is 30.3 Å². The van der Waals surface area contributed by atoms with Gasteiger partial charge in [-0.1, -0.05) is 24.3 Å². The van der Waals surface area contributed by atoms with E-state index in [-0.39, 0.29) is 5.75 Å². The van der Waals surface area contributed by atoms with Crippen LogP contribution in [0.5, 0.6) is 11.5 Å². The monoisotopic (exact) mass is 308 g/mol. The molecule has 0 aliphatic rings. The van der Waals surface area contributed by atoms with Crippen LogP contribution in [0, 0.1) is 0 Å². The van der Waals surface area contributed by atoms with Crippen LogP contribution in [-0.4, -0.2) is 13.2 Å². The molecule has 0 amide bonds. The summed E-state index contributed by atoms with van der Waals surface area (Å²) in [6.07, 6.45) is 0. The minimum absolute atomic E-state index is 0.0385. The van der Waals surface area contributed by atoms with Gasteiger partial charge in [0.1, 0.15) is 0 Å².